The molecule has 2 saturated heterocycles. The number of likely N-dealkylation sites (tertiary alicyclic amines) is 1. The average Bonchev–Trinajstić information content (AvgIpc) is 3.09. The van der Waals surface area contributed by atoms with Gasteiger partial charge in [-0.1, -0.05) is 28.1 Å². The predicted molar refractivity (Wildman–Crippen MR) is 128 cm³/mol. The number of benzene rings is 2. The van der Waals surface area contributed by atoms with E-state index in [1.54, 1.807) is 12.1 Å². The van der Waals surface area contributed by atoms with E-state index in [2.05, 4.69) is 20.8 Å². The van der Waals surface area contributed by atoms with Gasteiger partial charge in [0.25, 0.3) is 11.7 Å². The number of rotatable bonds is 7. The highest BCUT2D eigenvalue weighted by Crippen LogP contribution is 2.40. The van der Waals surface area contributed by atoms with Crippen LogP contribution in [0.2, 0.25) is 0 Å². The van der Waals surface area contributed by atoms with Gasteiger partial charge in [0.2, 0.25) is 0 Å². The second-order valence-corrected chi connectivity index (χ2v) is 9.12. The van der Waals surface area contributed by atoms with E-state index in [9.17, 15) is 19.1 Å². The minimum Gasteiger partial charge on any atom is -0.507 e. The zero-order valence-corrected chi connectivity index (χ0v) is 20.4. The maximum absolute atomic E-state index is 14.3. The Bertz CT molecular complexity index is 1100. The zero-order valence-electron chi connectivity index (χ0n) is 18.8. The molecule has 1 unspecified atom stereocenters. The Kier molecular flexibility index (Phi) is 7.65. The van der Waals surface area contributed by atoms with Crippen LogP contribution in [0.4, 0.5) is 4.39 Å². The number of halogens is 2. The van der Waals surface area contributed by atoms with Crippen LogP contribution in [0.5, 0.6) is 5.75 Å². The zero-order chi connectivity index (χ0) is 24.2. The van der Waals surface area contributed by atoms with Crippen molar-refractivity contribution < 1.29 is 28.6 Å². The van der Waals surface area contributed by atoms with Gasteiger partial charge in [-0.05, 0) is 42.3 Å². The van der Waals surface area contributed by atoms with Crippen molar-refractivity contribution in [3.63, 3.8) is 0 Å². The molecule has 2 fully saturated rings. The first kappa shape index (κ1) is 24.4. The normalized spacial score (nSPS) is 20.7. The number of ketones is 1. The summed E-state index contributed by atoms with van der Waals surface area (Å²) >= 11 is 3.40. The standard InChI is InChI=1S/C25H26BrFN2O5/c1-33-20-8-5-17(15-19(20)27)23(30)21-22(16-3-6-18(26)7-4-16)29(25(32)24(21)31)10-2-9-28-11-13-34-14-12-28/h3-8,15,22,30H,2,9-14H2,1H3/b23-21+. The molecule has 1 amide bonds. The molecule has 2 heterocycles. The smallest absolute Gasteiger partial charge is 0.295 e. The molecule has 2 aromatic carbocycles. The van der Waals surface area contributed by atoms with Crippen molar-refractivity contribution in [1.82, 2.24) is 9.80 Å². The summed E-state index contributed by atoms with van der Waals surface area (Å²) in [5.41, 5.74) is 0.735. The highest BCUT2D eigenvalue weighted by molar-refractivity contribution is 9.10. The highest BCUT2D eigenvalue weighted by Gasteiger charge is 2.45. The maximum atomic E-state index is 14.3. The number of nitrogens with zero attached hydrogens (tertiary/aromatic N) is 2. The third-order valence-electron chi connectivity index (χ3n) is 6.13. The molecule has 1 N–H and O–H groups in total. The summed E-state index contributed by atoms with van der Waals surface area (Å²) in [5, 5.41) is 11.1. The number of carbonyl (C=O) groups excluding carboxylic acids is 2. The molecule has 1 atom stereocenters. The number of aliphatic hydroxyl groups is 1. The van der Waals surface area contributed by atoms with Gasteiger partial charge in [0, 0.05) is 36.2 Å². The Balaban J connectivity index is 1.68. The number of morpholine rings is 1. The lowest BCUT2D eigenvalue weighted by molar-refractivity contribution is -0.140. The average molecular weight is 533 g/mol. The van der Waals surface area contributed by atoms with E-state index in [1.165, 1.54) is 24.1 Å². The van der Waals surface area contributed by atoms with Crippen LogP contribution in [0.3, 0.4) is 0 Å². The first-order valence-corrected chi connectivity index (χ1v) is 11.9. The van der Waals surface area contributed by atoms with Crippen LogP contribution in [-0.2, 0) is 14.3 Å². The predicted octanol–water partition coefficient (Wildman–Crippen LogP) is 3.74. The van der Waals surface area contributed by atoms with Crippen LogP contribution < -0.4 is 4.74 Å². The molecule has 2 aliphatic heterocycles. The van der Waals surface area contributed by atoms with Gasteiger partial charge in [0.1, 0.15) is 5.76 Å². The number of Topliss-reactive ketones (excluding diaryl/α,β-unsaturated/α-hetero) is 1. The lowest BCUT2D eigenvalue weighted by atomic mass is 9.95. The third kappa shape index (κ3) is 5.01. The minimum atomic E-state index is -0.784. The highest BCUT2D eigenvalue weighted by atomic mass is 79.9. The van der Waals surface area contributed by atoms with E-state index in [1.807, 2.05) is 12.1 Å². The van der Waals surface area contributed by atoms with Crippen molar-refractivity contribution in [1.29, 1.82) is 0 Å². The monoisotopic (exact) mass is 532 g/mol. The first-order chi connectivity index (χ1) is 16.4. The summed E-state index contributed by atoms with van der Waals surface area (Å²) in [7, 11) is 1.34. The van der Waals surface area contributed by atoms with Crippen LogP contribution in [0.25, 0.3) is 5.76 Å². The number of aliphatic hydroxyl groups excluding tert-OH is 1. The number of carbonyl (C=O) groups is 2. The van der Waals surface area contributed by atoms with Gasteiger partial charge in [0.05, 0.1) is 31.9 Å². The Hall–Kier alpha value is -2.75. The third-order valence-corrected chi connectivity index (χ3v) is 6.66. The minimum absolute atomic E-state index is 0.0181. The second kappa shape index (κ2) is 10.7. The maximum Gasteiger partial charge on any atom is 0.295 e. The molecule has 2 aromatic rings. The molecular formula is C25H26BrFN2O5. The van der Waals surface area contributed by atoms with Gasteiger partial charge < -0.3 is 19.5 Å². The van der Waals surface area contributed by atoms with Crippen LogP contribution in [0.15, 0.2) is 52.5 Å². The van der Waals surface area contributed by atoms with Crippen molar-refractivity contribution in [2.75, 3.05) is 46.5 Å². The second-order valence-electron chi connectivity index (χ2n) is 8.20. The molecule has 34 heavy (non-hydrogen) atoms. The van der Waals surface area contributed by atoms with Crippen molar-refractivity contribution in [3.8, 4) is 5.75 Å². The largest absolute Gasteiger partial charge is 0.507 e. The van der Waals surface area contributed by atoms with E-state index < -0.39 is 29.3 Å². The molecule has 180 valence electrons. The van der Waals surface area contributed by atoms with Gasteiger partial charge in [-0.15, -0.1) is 0 Å². The molecule has 0 radical (unpaired) electrons. The molecule has 7 nitrogen and oxygen atoms in total. The van der Waals surface area contributed by atoms with Crippen molar-refractivity contribution in [2.24, 2.45) is 0 Å². The number of amides is 1. The molecule has 9 heteroatoms. The molecule has 0 saturated carbocycles. The number of ether oxygens (including phenoxy) is 2. The topological polar surface area (TPSA) is 79.3 Å². The van der Waals surface area contributed by atoms with Gasteiger partial charge in [-0.25, -0.2) is 4.39 Å². The summed E-state index contributed by atoms with van der Waals surface area (Å²) in [4.78, 5) is 29.9. The van der Waals surface area contributed by atoms with E-state index in [-0.39, 0.29) is 16.9 Å². The van der Waals surface area contributed by atoms with E-state index in [4.69, 9.17) is 9.47 Å². The first-order valence-electron chi connectivity index (χ1n) is 11.1. The molecule has 0 bridgehead atoms. The molecule has 2 aliphatic rings. The van der Waals surface area contributed by atoms with Crippen LogP contribution in [0, 0.1) is 5.82 Å². The molecule has 0 aromatic heterocycles. The summed E-state index contributed by atoms with van der Waals surface area (Å²) < 4.78 is 25.5. The van der Waals surface area contributed by atoms with Crippen molar-refractivity contribution >= 4 is 33.4 Å². The Morgan fingerprint density at radius 1 is 1.15 bits per heavy atom. The lowest BCUT2D eigenvalue weighted by Crippen LogP contribution is -2.38. The molecular weight excluding hydrogens is 507 g/mol. The lowest BCUT2D eigenvalue weighted by Gasteiger charge is -2.29. The molecule has 4 rings (SSSR count). The summed E-state index contributed by atoms with van der Waals surface area (Å²) in [6.45, 7) is 4.14. The summed E-state index contributed by atoms with van der Waals surface area (Å²) in [6, 6.07) is 10.4. The summed E-state index contributed by atoms with van der Waals surface area (Å²) in [6.07, 6.45) is 0.664. The summed E-state index contributed by atoms with van der Waals surface area (Å²) in [5.74, 6) is -2.53. The van der Waals surface area contributed by atoms with Crippen molar-refractivity contribution in [2.45, 2.75) is 12.5 Å². The van der Waals surface area contributed by atoms with Crippen LogP contribution >= 0.6 is 15.9 Å². The Morgan fingerprint density at radius 2 is 1.85 bits per heavy atom. The van der Waals surface area contributed by atoms with Crippen LogP contribution in [0.1, 0.15) is 23.6 Å². The van der Waals surface area contributed by atoms with Gasteiger partial charge >= 0.3 is 0 Å². The Morgan fingerprint density at radius 3 is 2.50 bits per heavy atom. The van der Waals surface area contributed by atoms with E-state index in [0.717, 1.165) is 30.2 Å². The molecule has 0 aliphatic carbocycles. The Labute approximate surface area is 205 Å². The van der Waals surface area contributed by atoms with Gasteiger partial charge in [-0.3, -0.25) is 14.5 Å². The fourth-order valence-electron chi connectivity index (χ4n) is 4.36. The van der Waals surface area contributed by atoms with Gasteiger partial charge in [0.15, 0.2) is 11.6 Å². The number of methoxy groups -OCH3 is 1. The fourth-order valence-corrected chi connectivity index (χ4v) is 4.63. The van der Waals surface area contributed by atoms with E-state index in [0.29, 0.717) is 31.7 Å². The van der Waals surface area contributed by atoms with E-state index >= 15 is 0 Å². The van der Waals surface area contributed by atoms with Crippen molar-refractivity contribution in [3.05, 3.63) is 69.5 Å². The number of hydrogen-bond acceptors (Lipinski definition) is 6. The quantitative estimate of drug-likeness (QED) is 0.332. The fraction of sp³-hybridized carbons (Fsp3) is 0.360. The van der Waals surface area contributed by atoms with Crippen LogP contribution in [-0.4, -0.2) is 73.1 Å². The molecule has 0 spiro atoms. The van der Waals surface area contributed by atoms with Gasteiger partial charge in [-0.2, -0.15) is 0 Å². The SMILES string of the molecule is COc1ccc(/C(O)=C2\C(=O)C(=O)N(CCCN3CCOCC3)C2c2ccc(Br)cc2)cc1F. The number of hydrogen-bond donors (Lipinski definition) is 1.